The van der Waals surface area contributed by atoms with Gasteiger partial charge in [-0.1, -0.05) is 0 Å². The zero-order valence-corrected chi connectivity index (χ0v) is 16.4. The molecule has 1 aliphatic heterocycles. The van der Waals surface area contributed by atoms with E-state index < -0.39 is 0 Å². The van der Waals surface area contributed by atoms with Crippen LogP contribution in [-0.2, 0) is 6.54 Å². The van der Waals surface area contributed by atoms with Crippen LogP contribution in [0.3, 0.4) is 0 Å². The smallest absolute Gasteiger partial charge is 0.257 e. The second kappa shape index (κ2) is 8.33. The quantitative estimate of drug-likeness (QED) is 0.779. The molecule has 0 spiro atoms. The van der Waals surface area contributed by atoms with E-state index in [-0.39, 0.29) is 5.91 Å². The van der Waals surface area contributed by atoms with E-state index in [1.165, 1.54) is 0 Å². The van der Waals surface area contributed by atoms with Gasteiger partial charge in [0.05, 0.1) is 26.9 Å². The second-order valence-corrected chi connectivity index (χ2v) is 6.55. The second-order valence-electron chi connectivity index (χ2n) is 6.55. The molecule has 2 aromatic rings. The number of rotatable bonds is 6. The number of aryl methyl sites for hydroxylation is 1. The number of nitrogens with zero attached hydrogens (tertiary/aromatic N) is 3. The maximum atomic E-state index is 13.1. The van der Waals surface area contributed by atoms with E-state index in [1.807, 2.05) is 17.3 Å². The molecule has 3 rings (SSSR count). The van der Waals surface area contributed by atoms with Gasteiger partial charge in [0.25, 0.3) is 5.91 Å². The minimum Gasteiger partial charge on any atom is -0.496 e. The third kappa shape index (κ3) is 3.72. The number of ether oxygens (including phenoxy) is 3. The number of likely N-dealkylation sites (tertiary alicyclic amines) is 1. The summed E-state index contributed by atoms with van der Waals surface area (Å²) < 4.78 is 18.2. The predicted octanol–water partition coefficient (Wildman–Crippen LogP) is 2.95. The van der Waals surface area contributed by atoms with Crippen molar-refractivity contribution in [3.05, 3.63) is 35.9 Å². The zero-order valence-electron chi connectivity index (χ0n) is 16.4. The van der Waals surface area contributed by atoms with Crippen LogP contribution in [0.1, 0.15) is 41.9 Å². The summed E-state index contributed by atoms with van der Waals surface area (Å²) in [4.78, 5) is 19.5. The van der Waals surface area contributed by atoms with Crippen molar-refractivity contribution in [3.8, 4) is 17.2 Å². The lowest BCUT2D eigenvalue weighted by molar-refractivity contribution is 0.0706. The average Bonchev–Trinajstić information content (AvgIpc) is 3.21. The first kappa shape index (κ1) is 19.1. The van der Waals surface area contributed by atoms with Crippen LogP contribution in [0.15, 0.2) is 24.5 Å². The molecule has 1 aromatic heterocycles. The number of aromatic nitrogens is 2. The van der Waals surface area contributed by atoms with Gasteiger partial charge in [-0.3, -0.25) is 4.79 Å². The highest BCUT2D eigenvalue weighted by Crippen LogP contribution is 2.36. The highest BCUT2D eigenvalue weighted by atomic mass is 16.5. The van der Waals surface area contributed by atoms with Gasteiger partial charge in [0, 0.05) is 50.1 Å². The van der Waals surface area contributed by atoms with E-state index in [4.69, 9.17) is 14.2 Å². The molecule has 1 amide bonds. The molecule has 0 unspecified atom stereocenters. The van der Waals surface area contributed by atoms with Gasteiger partial charge in [0.15, 0.2) is 11.5 Å². The first-order valence-electron chi connectivity index (χ1n) is 9.23. The monoisotopic (exact) mass is 373 g/mol. The number of carbonyl (C=O) groups excluding carboxylic acids is 1. The molecule has 7 heteroatoms. The number of amides is 1. The summed E-state index contributed by atoms with van der Waals surface area (Å²) in [5.74, 6) is 2.99. The number of methoxy groups -OCH3 is 3. The SMILES string of the molecule is CCn1ccnc1C1CCN(C(=O)c2cc(OC)c(OC)cc2OC)CC1. The Hall–Kier alpha value is -2.70. The average molecular weight is 373 g/mol. The summed E-state index contributed by atoms with van der Waals surface area (Å²) in [5, 5.41) is 0. The van der Waals surface area contributed by atoms with Gasteiger partial charge in [-0.15, -0.1) is 0 Å². The Morgan fingerprint density at radius 1 is 1.07 bits per heavy atom. The fourth-order valence-electron chi connectivity index (χ4n) is 3.66. The van der Waals surface area contributed by atoms with E-state index in [0.717, 1.165) is 25.2 Å². The Labute approximate surface area is 159 Å². The summed E-state index contributed by atoms with van der Waals surface area (Å²) in [6, 6.07) is 3.38. The molecule has 7 nitrogen and oxygen atoms in total. The van der Waals surface area contributed by atoms with Crippen molar-refractivity contribution in [2.75, 3.05) is 34.4 Å². The zero-order chi connectivity index (χ0) is 19.4. The van der Waals surface area contributed by atoms with Crippen LogP contribution in [0.25, 0.3) is 0 Å². The Balaban J connectivity index is 1.76. The predicted molar refractivity (Wildman–Crippen MR) is 102 cm³/mol. The molecule has 0 radical (unpaired) electrons. The van der Waals surface area contributed by atoms with E-state index in [0.29, 0.717) is 41.8 Å². The molecule has 0 bridgehead atoms. The van der Waals surface area contributed by atoms with Gasteiger partial charge in [-0.2, -0.15) is 0 Å². The maximum absolute atomic E-state index is 13.1. The molecule has 1 fully saturated rings. The van der Waals surface area contributed by atoms with Crippen LogP contribution in [0.2, 0.25) is 0 Å². The van der Waals surface area contributed by atoms with Crippen LogP contribution in [0.5, 0.6) is 17.2 Å². The standard InChI is InChI=1S/C20H27N3O4/c1-5-22-11-8-21-19(22)14-6-9-23(10-7-14)20(24)15-12-17(26-3)18(27-4)13-16(15)25-2/h8,11-14H,5-7,9-10H2,1-4H3. The molecular formula is C20H27N3O4. The van der Waals surface area contributed by atoms with E-state index in [2.05, 4.69) is 16.5 Å². The third-order valence-corrected chi connectivity index (χ3v) is 5.17. The van der Waals surface area contributed by atoms with Crippen LogP contribution in [-0.4, -0.2) is 54.8 Å². The van der Waals surface area contributed by atoms with Gasteiger partial charge in [-0.25, -0.2) is 4.98 Å². The summed E-state index contributed by atoms with van der Waals surface area (Å²) in [6.07, 6.45) is 5.67. The Kier molecular flexibility index (Phi) is 5.88. The molecule has 27 heavy (non-hydrogen) atoms. The highest BCUT2D eigenvalue weighted by molar-refractivity contribution is 5.98. The number of hydrogen-bond donors (Lipinski definition) is 0. The summed E-state index contributed by atoms with van der Waals surface area (Å²) in [5.41, 5.74) is 0.489. The van der Waals surface area contributed by atoms with E-state index in [1.54, 1.807) is 33.5 Å². The lowest BCUT2D eigenvalue weighted by Gasteiger charge is -2.32. The minimum absolute atomic E-state index is 0.0508. The molecule has 0 atom stereocenters. The summed E-state index contributed by atoms with van der Waals surface area (Å²) in [6.45, 7) is 4.42. The lowest BCUT2D eigenvalue weighted by Crippen LogP contribution is -2.38. The maximum Gasteiger partial charge on any atom is 0.257 e. The molecule has 1 saturated heterocycles. The van der Waals surface area contributed by atoms with Crippen molar-refractivity contribution < 1.29 is 19.0 Å². The van der Waals surface area contributed by atoms with Crippen LogP contribution in [0.4, 0.5) is 0 Å². The van der Waals surface area contributed by atoms with Crippen molar-refractivity contribution in [3.63, 3.8) is 0 Å². The Morgan fingerprint density at radius 2 is 1.70 bits per heavy atom. The van der Waals surface area contributed by atoms with Gasteiger partial charge in [0.2, 0.25) is 0 Å². The van der Waals surface area contributed by atoms with Crippen LogP contribution in [0, 0.1) is 0 Å². The highest BCUT2D eigenvalue weighted by Gasteiger charge is 2.29. The molecule has 1 aliphatic rings. The van der Waals surface area contributed by atoms with Gasteiger partial charge in [-0.05, 0) is 19.8 Å². The summed E-state index contributed by atoms with van der Waals surface area (Å²) in [7, 11) is 4.67. The topological polar surface area (TPSA) is 65.8 Å². The Bertz CT molecular complexity index is 795. The van der Waals surface area contributed by atoms with Crippen LogP contribution >= 0.6 is 0 Å². The van der Waals surface area contributed by atoms with Crippen molar-refractivity contribution in [2.45, 2.75) is 32.2 Å². The van der Waals surface area contributed by atoms with E-state index >= 15 is 0 Å². The number of hydrogen-bond acceptors (Lipinski definition) is 5. The van der Waals surface area contributed by atoms with Gasteiger partial charge in [0.1, 0.15) is 11.6 Å². The lowest BCUT2D eigenvalue weighted by atomic mass is 9.95. The molecule has 0 aliphatic carbocycles. The largest absolute Gasteiger partial charge is 0.496 e. The molecule has 0 saturated carbocycles. The van der Waals surface area contributed by atoms with Crippen molar-refractivity contribution in [1.29, 1.82) is 0 Å². The molecule has 2 heterocycles. The molecule has 146 valence electrons. The molecular weight excluding hydrogens is 346 g/mol. The van der Waals surface area contributed by atoms with Crippen molar-refractivity contribution in [2.24, 2.45) is 0 Å². The number of imidazole rings is 1. The van der Waals surface area contributed by atoms with Gasteiger partial charge < -0.3 is 23.7 Å². The summed E-state index contributed by atoms with van der Waals surface area (Å²) >= 11 is 0. The van der Waals surface area contributed by atoms with Gasteiger partial charge >= 0.3 is 0 Å². The normalized spacial score (nSPS) is 14.9. The van der Waals surface area contributed by atoms with E-state index in [9.17, 15) is 4.79 Å². The first-order valence-corrected chi connectivity index (χ1v) is 9.23. The van der Waals surface area contributed by atoms with Crippen molar-refractivity contribution >= 4 is 5.91 Å². The first-order chi connectivity index (χ1) is 13.1. The van der Waals surface area contributed by atoms with Crippen molar-refractivity contribution in [1.82, 2.24) is 14.5 Å². The number of carbonyl (C=O) groups is 1. The number of piperidine rings is 1. The fraction of sp³-hybridized carbons (Fsp3) is 0.500. The fourth-order valence-corrected chi connectivity index (χ4v) is 3.66. The Morgan fingerprint density at radius 3 is 2.30 bits per heavy atom. The molecule has 0 N–H and O–H groups in total. The third-order valence-electron chi connectivity index (χ3n) is 5.17. The molecule has 1 aromatic carbocycles. The number of benzene rings is 1. The van der Waals surface area contributed by atoms with Crippen LogP contribution < -0.4 is 14.2 Å². The minimum atomic E-state index is -0.0508.